The molecule has 0 saturated carbocycles. The molecule has 1 aromatic heterocycles. The molecular formula is C23H26BrN5O3. The minimum absolute atomic E-state index is 0.0646. The van der Waals surface area contributed by atoms with Crippen LogP contribution in [0.5, 0.6) is 0 Å². The fourth-order valence-electron chi connectivity index (χ4n) is 3.68. The minimum atomic E-state index is -0.221. The molecule has 0 bridgehead atoms. The molecule has 2 heterocycles. The van der Waals surface area contributed by atoms with Crippen LogP contribution in [0, 0.1) is 5.92 Å². The number of nitrogens with zero attached hydrogens (tertiary/aromatic N) is 3. The van der Waals surface area contributed by atoms with Crippen LogP contribution in [0.2, 0.25) is 0 Å². The number of benzene rings is 1. The summed E-state index contributed by atoms with van der Waals surface area (Å²) in [6, 6.07) is 5.65. The molecule has 1 fully saturated rings. The Morgan fingerprint density at radius 3 is 2.81 bits per heavy atom. The predicted molar refractivity (Wildman–Crippen MR) is 129 cm³/mol. The van der Waals surface area contributed by atoms with Gasteiger partial charge in [-0.1, -0.05) is 22.5 Å². The first-order valence-corrected chi connectivity index (χ1v) is 11.1. The summed E-state index contributed by atoms with van der Waals surface area (Å²) < 4.78 is 2.66. The maximum atomic E-state index is 12.8. The smallest absolute Gasteiger partial charge is 0.253 e. The van der Waals surface area contributed by atoms with Gasteiger partial charge in [-0.15, -0.1) is 0 Å². The Hall–Kier alpha value is -3.20. The zero-order chi connectivity index (χ0) is 23.1. The van der Waals surface area contributed by atoms with Gasteiger partial charge in [-0.05, 0) is 36.6 Å². The largest absolute Gasteiger partial charge is 0.405 e. The van der Waals surface area contributed by atoms with Crippen molar-refractivity contribution in [3.63, 3.8) is 0 Å². The Morgan fingerprint density at radius 1 is 1.31 bits per heavy atom. The molecular weight excluding hydrogens is 474 g/mol. The standard InChI is InChI=1S/C23H26BrN5O3/c1-2-22(31)29-12-16(13-29)10-18(30)14-28-15-20(19-11-17(24)4-5-21(19)28)23(32)27-9-8-26-7-3-6-25/h2-7,11,15-16H,1,8-10,12-14,25H2,(H,27,32). The quantitative estimate of drug-likeness (QED) is 0.296. The number of likely N-dealkylation sites (tertiary alicyclic amines) is 1. The highest BCUT2D eigenvalue weighted by Crippen LogP contribution is 2.26. The van der Waals surface area contributed by atoms with E-state index in [9.17, 15) is 14.4 Å². The van der Waals surface area contributed by atoms with Crippen LogP contribution in [0.3, 0.4) is 0 Å². The summed E-state index contributed by atoms with van der Waals surface area (Å²) in [5.41, 5.74) is 6.56. The number of allylic oxidation sites excluding steroid dienone is 1. The van der Waals surface area contributed by atoms with Gasteiger partial charge in [-0.25, -0.2) is 0 Å². The molecule has 3 rings (SSSR count). The van der Waals surface area contributed by atoms with Crippen LogP contribution in [0.4, 0.5) is 0 Å². The van der Waals surface area contributed by atoms with Crippen molar-refractivity contribution in [2.75, 3.05) is 26.2 Å². The van der Waals surface area contributed by atoms with Crippen LogP contribution < -0.4 is 11.1 Å². The van der Waals surface area contributed by atoms with Crippen LogP contribution in [-0.2, 0) is 16.1 Å². The van der Waals surface area contributed by atoms with Gasteiger partial charge in [0.15, 0.2) is 5.78 Å². The number of aromatic nitrogens is 1. The molecule has 2 aromatic rings. The number of fused-ring (bicyclic) bond motifs is 1. The van der Waals surface area contributed by atoms with E-state index in [4.69, 9.17) is 5.73 Å². The Labute approximate surface area is 195 Å². The van der Waals surface area contributed by atoms with E-state index in [0.29, 0.717) is 38.2 Å². The lowest BCUT2D eigenvalue weighted by atomic mass is 9.94. The second kappa shape index (κ2) is 10.9. The van der Waals surface area contributed by atoms with Crippen molar-refractivity contribution in [3.8, 4) is 0 Å². The summed E-state index contributed by atoms with van der Waals surface area (Å²) in [5, 5.41) is 3.63. The number of carbonyl (C=O) groups is 3. The van der Waals surface area contributed by atoms with E-state index < -0.39 is 0 Å². The van der Waals surface area contributed by atoms with Gasteiger partial charge in [0.25, 0.3) is 5.91 Å². The van der Waals surface area contributed by atoms with Gasteiger partial charge in [0.2, 0.25) is 5.91 Å². The van der Waals surface area contributed by atoms with Crippen LogP contribution in [-0.4, -0.2) is 59.5 Å². The molecule has 1 aromatic carbocycles. The zero-order valence-corrected chi connectivity index (χ0v) is 19.3. The highest BCUT2D eigenvalue weighted by atomic mass is 79.9. The Bertz CT molecular complexity index is 1080. The van der Waals surface area contributed by atoms with Crippen LogP contribution in [0.1, 0.15) is 16.8 Å². The average molecular weight is 500 g/mol. The van der Waals surface area contributed by atoms with E-state index in [1.165, 1.54) is 12.3 Å². The van der Waals surface area contributed by atoms with E-state index in [-0.39, 0.29) is 30.1 Å². The molecule has 8 nitrogen and oxygen atoms in total. The van der Waals surface area contributed by atoms with Crippen molar-refractivity contribution < 1.29 is 14.4 Å². The predicted octanol–water partition coefficient (Wildman–Crippen LogP) is 2.28. The molecule has 168 valence electrons. The highest BCUT2D eigenvalue weighted by molar-refractivity contribution is 9.10. The number of Topliss-reactive ketones (excluding diaryl/α,β-unsaturated/α-hetero) is 1. The second-order valence-corrected chi connectivity index (χ2v) is 8.50. The van der Waals surface area contributed by atoms with Crippen molar-refractivity contribution >= 4 is 50.6 Å². The third-order valence-corrected chi connectivity index (χ3v) is 5.72. The summed E-state index contributed by atoms with van der Waals surface area (Å²) in [5.74, 6) is -0.0936. The number of nitrogens with one attached hydrogen (secondary N) is 1. The number of carbonyl (C=O) groups excluding carboxylic acids is 3. The number of amides is 2. The molecule has 0 unspecified atom stereocenters. The molecule has 0 spiro atoms. The van der Waals surface area contributed by atoms with Gasteiger partial charge in [0, 0.05) is 59.8 Å². The van der Waals surface area contributed by atoms with E-state index >= 15 is 0 Å². The first-order chi connectivity index (χ1) is 15.4. The highest BCUT2D eigenvalue weighted by Gasteiger charge is 2.30. The molecule has 9 heteroatoms. The zero-order valence-electron chi connectivity index (χ0n) is 17.7. The third-order valence-electron chi connectivity index (χ3n) is 5.22. The maximum Gasteiger partial charge on any atom is 0.253 e. The van der Waals surface area contributed by atoms with Crippen molar-refractivity contribution in [1.29, 1.82) is 0 Å². The van der Waals surface area contributed by atoms with Crippen LogP contribution >= 0.6 is 15.9 Å². The van der Waals surface area contributed by atoms with Gasteiger partial charge in [0.05, 0.1) is 18.7 Å². The molecule has 3 N–H and O–H groups in total. The lowest BCUT2D eigenvalue weighted by Crippen LogP contribution is -2.50. The molecule has 0 atom stereocenters. The van der Waals surface area contributed by atoms with Crippen molar-refractivity contribution in [2.45, 2.75) is 13.0 Å². The van der Waals surface area contributed by atoms with Gasteiger partial charge in [0.1, 0.15) is 0 Å². The van der Waals surface area contributed by atoms with Gasteiger partial charge < -0.3 is 20.5 Å². The molecule has 1 aliphatic rings. The summed E-state index contributed by atoms with van der Waals surface area (Å²) in [7, 11) is 0. The molecule has 0 aliphatic carbocycles. The Morgan fingerprint density at radius 2 is 2.09 bits per heavy atom. The van der Waals surface area contributed by atoms with Gasteiger partial charge in [-0.3, -0.25) is 19.4 Å². The molecule has 32 heavy (non-hydrogen) atoms. The van der Waals surface area contributed by atoms with Crippen LogP contribution in [0.15, 0.2) is 58.8 Å². The number of rotatable bonds is 10. The molecule has 1 aliphatic heterocycles. The van der Waals surface area contributed by atoms with E-state index in [1.54, 1.807) is 23.4 Å². The second-order valence-electron chi connectivity index (χ2n) is 7.58. The minimum Gasteiger partial charge on any atom is -0.405 e. The number of hydrogen-bond acceptors (Lipinski definition) is 5. The Kier molecular flexibility index (Phi) is 7.99. The van der Waals surface area contributed by atoms with Crippen molar-refractivity contribution in [1.82, 2.24) is 14.8 Å². The SMILES string of the molecule is C=CC(=O)N1CC(CC(=O)Cn2cc(C(=O)NCCN=CC=CN)c3cc(Br)ccc32)C1. The van der Waals surface area contributed by atoms with E-state index in [1.807, 2.05) is 22.8 Å². The lowest BCUT2D eigenvalue weighted by molar-refractivity contribution is -0.134. The summed E-state index contributed by atoms with van der Waals surface area (Å²) in [6.45, 7) is 5.63. The molecule has 0 radical (unpaired) electrons. The summed E-state index contributed by atoms with van der Waals surface area (Å²) in [4.78, 5) is 42.8. The van der Waals surface area contributed by atoms with Gasteiger partial charge in [-0.2, -0.15) is 0 Å². The fraction of sp³-hybridized carbons (Fsp3) is 0.304. The average Bonchev–Trinajstić information content (AvgIpc) is 3.09. The fourth-order valence-corrected chi connectivity index (χ4v) is 4.04. The first-order valence-electron chi connectivity index (χ1n) is 10.3. The topological polar surface area (TPSA) is 110 Å². The van der Waals surface area contributed by atoms with Crippen LogP contribution in [0.25, 0.3) is 10.9 Å². The first kappa shape index (κ1) is 23.5. The third kappa shape index (κ3) is 5.73. The lowest BCUT2D eigenvalue weighted by Gasteiger charge is -2.38. The number of aliphatic imine (C=N–C) groups is 1. The number of halogens is 1. The Balaban J connectivity index is 1.66. The monoisotopic (exact) mass is 499 g/mol. The summed E-state index contributed by atoms with van der Waals surface area (Å²) >= 11 is 3.45. The number of nitrogens with two attached hydrogens (primary N) is 1. The number of hydrogen-bond donors (Lipinski definition) is 2. The number of ketones is 1. The summed E-state index contributed by atoms with van der Waals surface area (Å²) in [6.07, 6.45) is 7.99. The van der Waals surface area contributed by atoms with E-state index in [0.717, 1.165) is 15.4 Å². The van der Waals surface area contributed by atoms with Gasteiger partial charge >= 0.3 is 0 Å². The normalized spacial score (nSPS) is 14.2. The van der Waals surface area contributed by atoms with E-state index in [2.05, 4.69) is 32.8 Å². The maximum absolute atomic E-state index is 12.8. The molecule has 1 saturated heterocycles. The molecule has 2 amide bonds. The van der Waals surface area contributed by atoms with Crippen molar-refractivity contribution in [2.24, 2.45) is 16.6 Å². The van der Waals surface area contributed by atoms with Crippen molar-refractivity contribution in [3.05, 3.63) is 59.4 Å².